The van der Waals surface area contributed by atoms with Gasteiger partial charge in [-0.05, 0) is 25.0 Å². The van der Waals surface area contributed by atoms with Gasteiger partial charge in [-0.2, -0.15) is 4.31 Å². The van der Waals surface area contributed by atoms with Crippen LogP contribution in [0.25, 0.3) is 0 Å². The van der Waals surface area contributed by atoms with E-state index in [1.807, 2.05) is 13.8 Å². The van der Waals surface area contributed by atoms with Crippen molar-refractivity contribution in [3.63, 3.8) is 0 Å². The quantitative estimate of drug-likeness (QED) is 0.854. The van der Waals surface area contributed by atoms with E-state index in [9.17, 15) is 13.2 Å². The third-order valence-corrected chi connectivity index (χ3v) is 7.58. The first-order valence-corrected chi connectivity index (χ1v) is 10.3. The van der Waals surface area contributed by atoms with Crippen LogP contribution < -0.4 is 5.32 Å². The number of rotatable bonds is 5. The number of nitrogens with one attached hydrogen (secondary N) is 1. The largest absolute Gasteiger partial charge is 0.335 e. The van der Waals surface area contributed by atoms with Crippen molar-refractivity contribution in [1.82, 2.24) is 14.5 Å². The number of hydrogen-bond donors (Lipinski definition) is 1. The fourth-order valence-corrected chi connectivity index (χ4v) is 5.51. The Labute approximate surface area is 146 Å². The highest BCUT2D eigenvalue weighted by Gasteiger charge is 2.31. The number of nitrogens with zero attached hydrogens (tertiary/aromatic N) is 2. The summed E-state index contributed by atoms with van der Waals surface area (Å²) in [5.74, 6) is 0. The standard InChI is InChI=1S/C14H22ClN3O3S2/c1-3-11(4-2)16-14(19)17-7-9-18(10-8-17)23(20,21)13-6-5-12(15)22-13/h5-6,11H,3-4,7-10H2,1-2H3,(H,16,19). The molecule has 2 heterocycles. The molecule has 0 atom stereocenters. The molecule has 0 radical (unpaired) electrons. The molecule has 0 aromatic carbocycles. The molecule has 23 heavy (non-hydrogen) atoms. The first-order chi connectivity index (χ1) is 10.9. The first-order valence-electron chi connectivity index (χ1n) is 7.69. The lowest BCUT2D eigenvalue weighted by molar-refractivity contribution is 0.168. The Morgan fingerprint density at radius 2 is 1.87 bits per heavy atom. The molecule has 2 rings (SSSR count). The Balaban J connectivity index is 1.94. The van der Waals surface area contributed by atoms with Crippen molar-refractivity contribution in [2.24, 2.45) is 0 Å². The minimum atomic E-state index is -3.51. The van der Waals surface area contributed by atoms with Crippen LogP contribution in [0.3, 0.4) is 0 Å². The summed E-state index contributed by atoms with van der Waals surface area (Å²) < 4.78 is 27.1. The van der Waals surface area contributed by atoms with Crippen LogP contribution in [0.15, 0.2) is 16.3 Å². The Morgan fingerprint density at radius 1 is 1.26 bits per heavy atom. The summed E-state index contributed by atoms with van der Waals surface area (Å²) >= 11 is 6.87. The third kappa shape index (κ3) is 4.37. The molecule has 1 aliphatic rings. The second-order valence-electron chi connectivity index (χ2n) is 5.41. The third-order valence-electron chi connectivity index (χ3n) is 3.98. The SMILES string of the molecule is CCC(CC)NC(=O)N1CCN(S(=O)(=O)c2ccc(Cl)s2)CC1. The summed E-state index contributed by atoms with van der Waals surface area (Å²) in [4.78, 5) is 13.9. The van der Waals surface area contributed by atoms with Crippen LogP contribution in [0.1, 0.15) is 26.7 Å². The zero-order chi connectivity index (χ0) is 17.0. The van der Waals surface area contributed by atoms with Gasteiger partial charge in [-0.15, -0.1) is 11.3 Å². The molecule has 1 aliphatic heterocycles. The van der Waals surface area contributed by atoms with Gasteiger partial charge >= 0.3 is 6.03 Å². The van der Waals surface area contributed by atoms with Gasteiger partial charge in [0, 0.05) is 32.2 Å². The number of piperazine rings is 1. The van der Waals surface area contributed by atoms with Gasteiger partial charge in [-0.3, -0.25) is 0 Å². The second-order valence-corrected chi connectivity index (χ2v) is 9.29. The molecule has 1 fully saturated rings. The highest BCUT2D eigenvalue weighted by Crippen LogP contribution is 2.28. The van der Waals surface area contributed by atoms with E-state index in [0.717, 1.165) is 24.2 Å². The van der Waals surface area contributed by atoms with Crippen molar-refractivity contribution in [1.29, 1.82) is 0 Å². The Morgan fingerprint density at radius 3 is 2.35 bits per heavy atom. The Hall–Kier alpha value is -0.830. The zero-order valence-electron chi connectivity index (χ0n) is 13.3. The molecule has 0 aliphatic carbocycles. The average Bonchev–Trinajstić information content (AvgIpc) is 2.99. The highest BCUT2D eigenvalue weighted by atomic mass is 35.5. The predicted octanol–water partition coefficient (Wildman–Crippen LogP) is 2.61. The number of thiophene rings is 1. The van der Waals surface area contributed by atoms with Gasteiger partial charge < -0.3 is 10.2 Å². The average molecular weight is 380 g/mol. The minimum absolute atomic E-state index is 0.116. The van der Waals surface area contributed by atoms with Gasteiger partial charge in [-0.25, -0.2) is 13.2 Å². The van der Waals surface area contributed by atoms with E-state index in [1.165, 1.54) is 10.4 Å². The highest BCUT2D eigenvalue weighted by molar-refractivity contribution is 7.91. The first kappa shape index (κ1) is 18.5. The maximum Gasteiger partial charge on any atom is 0.317 e. The molecule has 9 heteroatoms. The number of sulfonamides is 1. The van der Waals surface area contributed by atoms with E-state index in [2.05, 4.69) is 5.32 Å². The molecule has 0 unspecified atom stereocenters. The van der Waals surface area contributed by atoms with Crippen LogP contribution in [-0.4, -0.2) is 55.9 Å². The van der Waals surface area contributed by atoms with E-state index in [1.54, 1.807) is 11.0 Å². The van der Waals surface area contributed by atoms with Crippen molar-refractivity contribution in [3.8, 4) is 0 Å². The Kier molecular flexibility index (Phi) is 6.30. The number of hydrogen-bond acceptors (Lipinski definition) is 4. The molecular formula is C14H22ClN3O3S2. The maximum atomic E-state index is 12.5. The number of carbonyl (C=O) groups is 1. The summed E-state index contributed by atoms with van der Waals surface area (Å²) in [7, 11) is -3.51. The number of halogens is 1. The molecule has 0 saturated carbocycles. The van der Waals surface area contributed by atoms with Crippen LogP contribution in [0, 0.1) is 0 Å². The summed E-state index contributed by atoms with van der Waals surface area (Å²) in [5.41, 5.74) is 0. The molecule has 0 bridgehead atoms. The maximum absolute atomic E-state index is 12.5. The van der Waals surface area contributed by atoms with Crippen LogP contribution in [0.2, 0.25) is 4.34 Å². The fraction of sp³-hybridized carbons (Fsp3) is 0.643. The molecule has 1 saturated heterocycles. The lowest BCUT2D eigenvalue weighted by Gasteiger charge is -2.34. The fourth-order valence-electron chi connectivity index (χ4n) is 2.45. The van der Waals surface area contributed by atoms with E-state index in [-0.39, 0.29) is 16.3 Å². The second kappa shape index (κ2) is 7.83. The molecular weight excluding hydrogens is 358 g/mol. The van der Waals surface area contributed by atoms with E-state index in [4.69, 9.17) is 11.6 Å². The molecule has 130 valence electrons. The molecule has 1 aromatic heterocycles. The van der Waals surface area contributed by atoms with Crippen molar-refractivity contribution < 1.29 is 13.2 Å². The Bertz CT molecular complexity index is 635. The smallest absolute Gasteiger partial charge is 0.317 e. The van der Waals surface area contributed by atoms with Gasteiger partial charge in [0.1, 0.15) is 4.21 Å². The lowest BCUT2D eigenvalue weighted by Crippen LogP contribution is -2.54. The summed E-state index contributed by atoms with van der Waals surface area (Å²) in [6, 6.07) is 3.15. The number of carbonyl (C=O) groups excluding carboxylic acids is 1. The lowest BCUT2D eigenvalue weighted by atomic mass is 10.2. The molecule has 2 amide bonds. The summed E-state index contributed by atoms with van der Waals surface area (Å²) in [5, 5.41) is 2.98. The zero-order valence-corrected chi connectivity index (χ0v) is 15.7. The normalized spacial score (nSPS) is 16.8. The number of urea groups is 1. The summed E-state index contributed by atoms with van der Waals surface area (Å²) in [6.07, 6.45) is 1.77. The summed E-state index contributed by atoms with van der Waals surface area (Å²) in [6.45, 7) is 5.45. The van der Waals surface area contributed by atoms with Gasteiger partial charge in [0.2, 0.25) is 0 Å². The molecule has 1 aromatic rings. The van der Waals surface area contributed by atoms with Crippen LogP contribution in [0.4, 0.5) is 4.79 Å². The monoisotopic (exact) mass is 379 g/mol. The van der Waals surface area contributed by atoms with Gasteiger partial charge in [0.15, 0.2) is 0 Å². The van der Waals surface area contributed by atoms with Crippen LogP contribution in [0.5, 0.6) is 0 Å². The van der Waals surface area contributed by atoms with E-state index >= 15 is 0 Å². The van der Waals surface area contributed by atoms with Crippen molar-refractivity contribution >= 4 is 39.0 Å². The van der Waals surface area contributed by atoms with E-state index < -0.39 is 10.0 Å². The van der Waals surface area contributed by atoms with Crippen molar-refractivity contribution in [2.45, 2.75) is 36.9 Å². The van der Waals surface area contributed by atoms with E-state index in [0.29, 0.717) is 30.5 Å². The van der Waals surface area contributed by atoms with Gasteiger partial charge in [0.05, 0.1) is 4.34 Å². The molecule has 1 N–H and O–H groups in total. The number of amides is 2. The van der Waals surface area contributed by atoms with Crippen LogP contribution >= 0.6 is 22.9 Å². The predicted molar refractivity (Wildman–Crippen MR) is 92.6 cm³/mol. The topological polar surface area (TPSA) is 69.7 Å². The van der Waals surface area contributed by atoms with Crippen molar-refractivity contribution in [2.75, 3.05) is 26.2 Å². The minimum Gasteiger partial charge on any atom is -0.335 e. The van der Waals surface area contributed by atoms with Crippen molar-refractivity contribution in [3.05, 3.63) is 16.5 Å². The van der Waals surface area contributed by atoms with Gasteiger partial charge in [-0.1, -0.05) is 25.4 Å². The molecule has 0 spiro atoms. The van der Waals surface area contributed by atoms with Gasteiger partial charge in [0.25, 0.3) is 10.0 Å². The van der Waals surface area contributed by atoms with Crippen LogP contribution in [-0.2, 0) is 10.0 Å². The molecule has 6 nitrogen and oxygen atoms in total.